The summed E-state index contributed by atoms with van der Waals surface area (Å²) in [6.07, 6.45) is -4.74. The summed E-state index contributed by atoms with van der Waals surface area (Å²) in [6.45, 7) is 0. The molecule has 1 aromatic carbocycles. The quantitative estimate of drug-likeness (QED) is 0.610. The topological polar surface area (TPSA) is 49.4 Å². The van der Waals surface area contributed by atoms with Gasteiger partial charge in [0.1, 0.15) is 5.75 Å². The first-order valence-corrected chi connectivity index (χ1v) is 6.85. The number of thiophene rings is 1. The molecule has 0 aliphatic heterocycles. The smallest absolute Gasteiger partial charge is 0.768 e. The van der Waals surface area contributed by atoms with E-state index < -0.39 is 17.4 Å². The summed E-state index contributed by atoms with van der Waals surface area (Å²) in [7, 11) is 0. The minimum atomic E-state index is -4.74. The normalized spacial score (nSPS) is 12.6. The summed E-state index contributed by atoms with van der Waals surface area (Å²) in [5.41, 5.74) is 0.965. The van der Waals surface area contributed by atoms with Crippen LogP contribution in [-0.2, 0) is 11.1 Å². The molecule has 0 N–H and O–H groups in total. The van der Waals surface area contributed by atoms with Crippen molar-refractivity contribution in [2.45, 2.75) is 10.6 Å². The third-order valence-electron chi connectivity index (χ3n) is 2.18. The van der Waals surface area contributed by atoms with Gasteiger partial charge in [0.25, 0.3) is 0 Å². The zero-order chi connectivity index (χ0) is 14.0. The first kappa shape index (κ1) is 17.7. The van der Waals surface area contributed by atoms with E-state index in [4.69, 9.17) is 0 Å². The molecule has 1 atom stereocenters. The third kappa shape index (κ3) is 4.57. The minimum absolute atomic E-state index is 0. The summed E-state index contributed by atoms with van der Waals surface area (Å²) in [5.74, 6) is -0.351. The van der Waals surface area contributed by atoms with Crippen molar-refractivity contribution in [2.24, 2.45) is 0 Å². The molecule has 9 heteroatoms. The van der Waals surface area contributed by atoms with E-state index in [-0.39, 0.29) is 39.5 Å². The molecule has 0 fully saturated rings. The van der Waals surface area contributed by atoms with Crippen molar-refractivity contribution < 1.29 is 56.2 Å². The van der Waals surface area contributed by atoms with Crippen molar-refractivity contribution in [3.63, 3.8) is 0 Å². The Morgan fingerprint density at radius 2 is 1.75 bits per heavy atom. The van der Waals surface area contributed by atoms with Gasteiger partial charge < -0.3 is 9.29 Å². The SMILES string of the molecule is O=S([O-])c1sccc1-c1ccc(OC(F)(F)F)cc1.[Na+]. The fourth-order valence-corrected chi connectivity index (χ4v) is 2.96. The summed E-state index contributed by atoms with van der Waals surface area (Å²) in [6, 6.07) is 6.62. The van der Waals surface area contributed by atoms with Crippen LogP contribution >= 0.6 is 11.3 Å². The first-order valence-electron chi connectivity index (χ1n) is 4.90. The molecule has 0 bridgehead atoms. The second-order valence-corrected chi connectivity index (χ2v) is 5.48. The van der Waals surface area contributed by atoms with Crippen LogP contribution < -0.4 is 34.3 Å². The molecule has 0 aliphatic carbocycles. The number of rotatable bonds is 3. The van der Waals surface area contributed by atoms with Crippen LogP contribution in [-0.4, -0.2) is 15.1 Å². The number of hydrogen-bond acceptors (Lipinski definition) is 4. The van der Waals surface area contributed by atoms with Crippen LogP contribution in [0.2, 0.25) is 0 Å². The van der Waals surface area contributed by atoms with Crippen molar-refractivity contribution in [3.8, 4) is 16.9 Å². The van der Waals surface area contributed by atoms with E-state index in [1.165, 1.54) is 12.1 Å². The van der Waals surface area contributed by atoms with Crippen molar-refractivity contribution >= 4 is 22.4 Å². The van der Waals surface area contributed by atoms with E-state index in [2.05, 4.69) is 4.74 Å². The van der Waals surface area contributed by atoms with E-state index in [0.29, 0.717) is 11.1 Å². The molecule has 2 aromatic rings. The van der Waals surface area contributed by atoms with Crippen LogP contribution in [0.25, 0.3) is 11.1 Å². The standard InChI is InChI=1S/C11H7F3O3S2.Na/c12-11(13,14)17-8-3-1-7(2-4-8)9-5-6-18-10(9)19(15)16;/h1-6H,(H,15,16);/q;+1/p-1. The Kier molecular flexibility index (Phi) is 6.24. The van der Waals surface area contributed by atoms with Crippen LogP contribution in [0.5, 0.6) is 5.75 Å². The number of ether oxygens (including phenoxy) is 1. The largest absolute Gasteiger partial charge is 1.00 e. The molecule has 3 nitrogen and oxygen atoms in total. The monoisotopic (exact) mass is 330 g/mol. The number of alkyl halides is 3. The Labute approximate surface area is 141 Å². The van der Waals surface area contributed by atoms with Gasteiger partial charge in [0.2, 0.25) is 0 Å². The summed E-state index contributed by atoms with van der Waals surface area (Å²) >= 11 is -1.33. The second-order valence-electron chi connectivity index (χ2n) is 3.43. The first-order chi connectivity index (χ1) is 8.87. The molecule has 1 aromatic heterocycles. The molecule has 20 heavy (non-hydrogen) atoms. The number of halogens is 3. The van der Waals surface area contributed by atoms with Gasteiger partial charge in [0.15, 0.2) is 0 Å². The van der Waals surface area contributed by atoms with E-state index in [1.807, 2.05) is 0 Å². The van der Waals surface area contributed by atoms with Gasteiger partial charge in [-0.3, -0.25) is 4.21 Å². The Morgan fingerprint density at radius 3 is 2.25 bits per heavy atom. The van der Waals surface area contributed by atoms with Crippen LogP contribution in [0, 0.1) is 0 Å². The molecule has 0 radical (unpaired) electrons. The van der Waals surface area contributed by atoms with E-state index in [1.54, 1.807) is 11.4 Å². The van der Waals surface area contributed by atoms with Gasteiger partial charge in [0, 0.05) is 5.56 Å². The van der Waals surface area contributed by atoms with Gasteiger partial charge >= 0.3 is 35.9 Å². The van der Waals surface area contributed by atoms with Gasteiger partial charge in [0.05, 0.1) is 4.21 Å². The third-order valence-corrected chi connectivity index (χ3v) is 4.11. The summed E-state index contributed by atoms with van der Waals surface area (Å²) < 4.78 is 61.7. The molecule has 2 rings (SSSR count). The Bertz CT molecular complexity index is 596. The molecule has 0 spiro atoms. The molecular formula is C11H6F3NaO3S2. The predicted molar refractivity (Wildman–Crippen MR) is 63.6 cm³/mol. The van der Waals surface area contributed by atoms with Gasteiger partial charge in [-0.15, -0.1) is 24.5 Å². The predicted octanol–water partition coefficient (Wildman–Crippen LogP) is 0.556. The molecular weight excluding hydrogens is 324 g/mol. The van der Waals surface area contributed by atoms with E-state index in [0.717, 1.165) is 23.5 Å². The zero-order valence-corrected chi connectivity index (χ0v) is 13.8. The molecule has 102 valence electrons. The fraction of sp³-hybridized carbons (Fsp3) is 0.0909. The number of hydrogen-bond donors (Lipinski definition) is 0. The Morgan fingerprint density at radius 1 is 1.15 bits per heavy atom. The summed E-state index contributed by atoms with van der Waals surface area (Å²) in [4.78, 5) is 0. The summed E-state index contributed by atoms with van der Waals surface area (Å²) in [5, 5.41) is 1.60. The number of benzene rings is 1. The average Bonchev–Trinajstić information content (AvgIpc) is 2.76. The second kappa shape index (κ2) is 7.06. The molecule has 0 saturated heterocycles. The maximum Gasteiger partial charge on any atom is 1.00 e. The molecule has 0 aliphatic rings. The van der Waals surface area contributed by atoms with Crippen molar-refractivity contribution in [1.29, 1.82) is 0 Å². The van der Waals surface area contributed by atoms with E-state index in [9.17, 15) is 21.9 Å². The molecule has 0 amide bonds. The van der Waals surface area contributed by atoms with Crippen molar-refractivity contribution in [3.05, 3.63) is 35.7 Å². The van der Waals surface area contributed by atoms with Crippen LogP contribution in [0.4, 0.5) is 13.2 Å². The molecule has 1 unspecified atom stereocenters. The van der Waals surface area contributed by atoms with Crippen LogP contribution in [0.3, 0.4) is 0 Å². The zero-order valence-electron chi connectivity index (χ0n) is 10.1. The van der Waals surface area contributed by atoms with Gasteiger partial charge in [-0.2, -0.15) is 0 Å². The minimum Gasteiger partial charge on any atom is -0.768 e. The van der Waals surface area contributed by atoms with Gasteiger partial charge in [-0.25, -0.2) is 0 Å². The van der Waals surface area contributed by atoms with Gasteiger partial charge in [-0.1, -0.05) is 12.1 Å². The van der Waals surface area contributed by atoms with Crippen molar-refractivity contribution in [1.82, 2.24) is 0 Å². The Balaban J connectivity index is 0.00000200. The Hall–Kier alpha value is -0.380. The van der Waals surface area contributed by atoms with Gasteiger partial charge in [-0.05, 0) is 40.2 Å². The maximum atomic E-state index is 12.0. The molecule has 0 saturated carbocycles. The van der Waals surface area contributed by atoms with E-state index >= 15 is 0 Å². The van der Waals surface area contributed by atoms with Crippen LogP contribution in [0.1, 0.15) is 0 Å². The van der Waals surface area contributed by atoms with Crippen LogP contribution in [0.15, 0.2) is 39.9 Å². The maximum absolute atomic E-state index is 12.0. The van der Waals surface area contributed by atoms with Crippen molar-refractivity contribution in [2.75, 3.05) is 0 Å². The average molecular weight is 330 g/mol. The fourth-order valence-electron chi connectivity index (χ4n) is 1.47. The molecule has 1 heterocycles.